The van der Waals surface area contributed by atoms with Crippen LogP contribution in [0, 0.1) is 5.82 Å². The highest BCUT2D eigenvalue weighted by molar-refractivity contribution is 6.20. The van der Waals surface area contributed by atoms with Crippen molar-refractivity contribution in [2.45, 2.75) is 19.4 Å². The molecule has 8 heteroatoms. The number of ketones is 1. The van der Waals surface area contributed by atoms with Crippen LogP contribution in [0.2, 0.25) is 0 Å². The summed E-state index contributed by atoms with van der Waals surface area (Å²) in [6.07, 6.45) is 0. The second-order valence-corrected chi connectivity index (χ2v) is 6.72. The Morgan fingerprint density at radius 2 is 1.89 bits per heavy atom. The van der Waals surface area contributed by atoms with Crippen molar-refractivity contribution in [3.8, 4) is 0 Å². The number of hydrogen-bond donors (Lipinski definition) is 2. The van der Waals surface area contributed by atoms with Gasteiger partial charge >= 0.3 is 5.97 Å². The van der Waals surface area contributed by atoms with E-state index in [1.165, 1.54) is 44.2 Å². The summed E-state index contributed by atoms with van der Waals surface area (Å²) in [5, 5.41) is 3.14. The third kappa shape index (κ3) is 4.04. The van der Waals surface area contributed by atoms with Crippen LogP contribution in [-0.2, 0) is 9.53 Å². The smallest absolute Gasteiger partial charge is 0.339 e. The summed E-state index contributed by atoms with van der Waals surface area (Å²) < 4.78 is 18.5. The lowest BCUT2D eigenvalue weighted by Gasteiger charge is -2.06. The number of carbonyl (C=O) groups is 3. The van der Waals surface area contributed by atoms with E-state index in [4.69, 9.17) is 16.3 Å². The molecule has 3 rings (SSSR count). The Bertz CT molecular complexity index is 1090. The molecule has 6 nitrogen and oxygen atoms in total. The van der Waals surface area contributed by atoms with Gasteiger partial charge < -0.3 is 15.0 Å². The molecule has 1 amide bonds. The van der Waals surface area contributed by atoms with Gasteiger partial charge in [-0.05, 0) is 37.3 Å². The molecule has 1 unspecified atom stereocenters. The maximum Gasteiger partial charge on any atom is 0.339 e. The van der Waals surface area contributed by atoms with Gasteiger partial charge in [0, 0.05) is 23.4 Å². The van der Waals surface area contributed by atoms with E-state index >= 15 is 0 Å². The molecule has 0 spiro atoms. The highest BCUT2D eigenvalue weighted by Gasteiger charge is 2.22. The molecule has 0 saturated heterocycles. The number of fused-ring (bicyclic) bond motifs is 1. The number of rotatable bonds is 5. The summed E-state index contributed by atoms with van der Waals surface area (Å²) in [4.78, 5) is 39.5. The Hall–Kier alpha value is -3.19. The molecule has 0 aliphatic carbocycles. The fourth-order valence-electron chi connectivity index (χ4n) is 2.79. The molecular formula is C20H16ClFN2O4. The van der Waals surface area contributed by atoms with Crippen molar-refractivity contribution in [1.29, 1.82) is 0 Å². The number of carbonyl (C=O) groups excluding carboxylic acids is 3. The van der Waals surface area contributed by atoms with E-state index < -0.39 is 23.1 Å². The average molecular weight is 403 g/mol. The van der Waals surface area contributed by atoms with Crippen molar-refractivity contribution < 1.29 is 23.5 Å². The lowest BCUT2D eigenvalue weighted by molar-refractivity contribution is -0.114. The largest absolute Gasteiger partial charge is 0.443 e. The van der Waals surface area contributed by atoms with E-state index in [0.717, 1.165) is 6.07 Å². The Kier molecular flexibility index (Phi) is 5.46. The predicted octanol–water partition coefficient (Wildman–Crippen LogP) is 4.24. The van der Waals surface area contributed by atoms with Crippen LogP contribution < -0.4 is 5.32 Å². The van der Waals surface area contributed by atoms with Gasteiger partial charge in [0.15, 0.2) is 5.56 Å². The summed E-state index contributed by atoms with van der Waals surface area (Å²) in [6.45, 7) is 2.82. The number of halogens is 2. The molecule has 0 fully saturated rings. The Balaban J connectivity index is 2.11. The predicted molar refractivity (Wildman–Crippen MR) is 103 cm³/mol. The second-order valence-electron chi connectivity index (χ2n) is 6.10. The van der Waals surface area contributed by atoms with E-state index in [9.17, 15) is 18.8 Å². The summed E-state index contributed by atoms with van der Waals surface area (Å²) in [6, 6.07) is 9.80. The highest BCUT2D eigenvalue weighted by Crippen LogP contribution is 2.30. The van der Waals surface area contributed by atoms with Crippen LogP contribution in [0.25, 0.3) is 10.9 Å². The molecular weight excluding hydrogens is 387 g/mol. The number of H-pyrrole nitrogens is 1. The minimum absolute atomic E-state index is 0.0760. The van der Waals surface area contributed by atoms with Crippen LogP contribution in [-0.4, -0.2) is 28.2 Å². The first kappa shape index (κ1) is 19.6. The van der Waals surface area contributed by atoms with Crippen LogP contribution in [0.1, 0.15) is 40.3 Å². The summed E-state index contributed by atoms with van der Waals surface area (Å²) in [5.41, 5.74) is 0.302. The lowest BCUT2D eigenvalue weighted by atomic mass is 10.1. The van der Waals surface area contributed by atoms with Crippen molar-refractivity contribution >= 4 is 45.9 Å². The standard InChI is InChI=1S/C20H16ClFN2O4/c1-10(21)28-20(27)13-6-7-15-16(9-13)24-18(17(15)23-11(2)25)19(26)12-4-3-5-14(22)8-12/h3-10,24H,1-2H3,(H,23,25). The third-order valence-electron chi connectivity index (χ3n) is 3.92. The SMILES string of the molecule is CC(=O)Nc1c(C(=O)c2cccc(F)c2)[nH]c2cc(C(=O)OC(C)Cl)ccc12. The van der Waals surface area contributed by atoms with Crippen molar-refractivity contribution in [3.63, 3.8) is 0 Å². The maximum absolute atomic E-state index is 13.5. The number of anilines is 1. The van der Waals surface area contributed by atoms with Gasteiger partial charge in [-0.15, -0.1) is 0 Å². The van der Waals surface area contributed by atoms with Gasteiger partial charge in [-0.1, -0.05) is 23.7 Å². The van der Waals surface area contributed by atoms with E-state index in [0.29, 0.717) is 10.9 Å². The fourth-order valence-corrected chi connectivity index (χ4v) is 2.87. The minimum Gasteiger partial charge on any atom is -0.443 e. The van der Waals surface area contributed by atoms with Crippen molar-refractivity contribution in [2.24, 2.45) is 0 Å². The average Bonchev–Trinajstić information content (AvgIpc) is 2.97. The molecule has 0 radical (unpaired) electrons. The van der Waals surface area contributed by atoms with Crippen molar-refractivity contribution in [3.05, 3.63) is 65.1 Å². The normalized spacial score (nSPS) is 11.9. The number of aromatic nitrogens is 1. The molecule has 0 bridgehead atoms. The monoisotopic (exact) mass is 402 g/mol. The first-order chi connectivity index (χ1) is 13.3. The van der Waals surface area contributed by atoms with Crippen LogP contribution in [0.4, 0.5) is 10.1 Å². The van der Waals surface area contributed by atoms with Gasteiger partial charge in [0.1, 0.15) is 11.5 Å². The molecule has 1 atom stereocenters. The number of benzene rings is 2. The van der Waals surface area contributed by atoms with Crippen molar-refractivity contribution in [1.82, 2.24) is 4.98 Å². The van der Waals surface area contributed by atoms with Gasteiger partial charge in [-0.3, -0.25) is 9.59 Å². The van der Waals surface area contributed by atoms with E-state index in [1.54, 1.807) is 6.07 Å². The molecule has 144 valence electrons. The fraction of sp³-hybridized carbons (Fsp3) is 0.150. The summed E-state index contributed by atoms with van der Waals surface area (Å²) >= 11 is 5.68. The minimum atomic E-state index is -0.799. The molecule has 2 N–H and O–H groups in total. The zero-order chi connectivity index (χ0) is 20.4. The number of aromatic amines is 1. The Labute approximate surface area is 164 Å². The third-order valence-corrected chi connectivity index (χ3v) is 4.01. The zero-order valence-electron chi connectivity index (χ0n) is 15.0. The first-order valence-corrected chi connectivity index (χ1v) is 8.78. The second kappa shape index (κ2) is 7.82. The maximum atomic E-state index is 13.5. The molecule has 2 aromatic carbocycles. The van der Waals surface area contributed by atoms with Crippen LogP contribution in [0.15, 0.2) is 42.5 Å². The molecule has 0 saturated carbocycles. The first-order valence-electron chi connectivity index (χ1n) is 8.35. The Morgan fingerprint density at radius 3 is 2.54 bits per heavy atom. The number of ether oxygens (including phenoxy) is 1. The molecule has 0 aliphatic heterocycles. The quantitative estimate of drug-likeness (QED) is 0.379. The summed E-state index contributed by atoms with van der Waals surface area (Å²) in [5.74, 6) is -2.06. The number of esters is 1. The number of hydrogen-bond acceptors (Lipinski definition) is 4. The number of alkyl halides is 1. The molecule has 0 aliphatic rings. The van der Waals surface area contributed by atoms with Crippen LogP contribution in [0.5, 0.6) is 0 Å². The molecule has 28 heavy (non-hydrogen) atoms. The molecule has 1 aromatic heterocycles. The number of nitrogens with one attached hydrogen (secondary N) is 2. The zero-order valence-corrected chi connectivity index (χ0v) is 15.8. The van der Waals surface area contributed by atoms with Crippen LogP contribution in [0.3, 0.4) is 0 Å². The topological polar surface area (TPSA) is 88.3 Å². The highest BCUT2D eigenvalue weighted by atomic mass is 35.5. The molecule has 3 aromatic rings. The van der Waals surface area contributed by atoms with E-state index in [-0.39, 0.29) is 28.4 Å². The summed E-state index contributed by atoms with van der Waals surface area (Å²) in [7, 11) is 0. The van der Waals surface area contributed by atoms with Gasteiger partial charge in [0.25, 0.3) is 0 Å². The lowest BCUT2D eigenvalue weighted by Crippen LogP contribution is -2.11. The van der Waals surface area contributed by atoms with E-state index in [1.807, 2.05) is 0 Å². The van der Waals surface area contributed by atoms with E-state index in [2.05, 4.69) is 10.3 Å². The van der Waals surface area contributed by atoms with Gasteiger partial charge in [-0.2, -0.15) is 0 Å². The van der Waals surface area contributed by atoms with Crippen molar-refractivity contribution in [2.75, 3.05) is 5.32 Å². The number of amides is 1. The van der Waals surface area contributed by atoms with Gasteiger partial charge in [-0.25, -0.2) is 9.18 Å². The Morgan fingerprint density at radius 1 is 1.14 bits per heavy atom. The van der Waals surface area contributed by atoms with Gasteiger partial charge in [0.2, 0.25) is 11.7 Å². The molecule has 1 heterocycles. The van der Waals surface area contributed by atoms with Crippen LogP contribution >= 0.6 is 11.6 Å². The van der Waals surface area contributed by atoms with Gasteiger partial charge in [0.05, 0.1) is 11.3 Å².